The van der Waals surface area contributed by atoms with Gasteiger partial charge in [0, 0.05) is 18.8 Å². The number of nitrogens with two attached hydrogens (primary N) is 1. The summed E-state index contributed by atoms with van der Waals surface area (Å²) in [6.45, 7) is 0.549. The second kappa shape index (κ2) is 3.88. The van der Waals surface area contributed by atoms with E-state index in [1.54, 1.807) is 18.5 Å². The first-order chi connectivity index (χ1) is 5.34. The smallest absolute Gasteiger partial charge is 0.246 e. The van der Waals surface area contributed by atoms with Crippen molar-refractivity contribution in [3.63, 3.8) is 0 Å². The second-order valence-corrected chi connectivity index (χ2v) is 2.24. The summed E-state index contributed by atoms with van der Waals surface area (Å²) in [6, 6.07) is 1.72. The normalized spacial score (nSPS) is 9.91. The van der Waals surface area contributed by atoms with Crippen molar-refractivity contribution in [2.75, 3.05) is 6.54 Å². The fraction of sp³-hybridized carbons (Fsp3) is 0.429. The zero-order valence-corrected chi connectivity index (χ0v) is 6.23. The molecule has 0 radical (unpaired) electrons. The Kier molecular flexibility index (Phi) is 2.80. The molecule has 1 aromatic heterocycles. The minimum absolute atomic E-state index is 0.000417. The third-order valence-corrected chi connectivity index (χ3v) is 1.35. The zero-order chi connectivity index (χ0) is 8.10. The fourth-order valence-corrected chi connectivity index (χ4v) is 0.784. The molecular weight excluding hydrogens is 142 g/mol. The summed E-state index contributed by atoms with van der Waals surface area (Å²) < 4.78 is 1.33. The van der Waals surface area contributed by atoms with Crippen molar-refractivity contribution in [2.45, 2.75) is 12.8 Å². The quantitative estimate of drug-likeness (QED) is 0.677. The van der Waals surface area contributed by atoms with E-state index < -0.39 is 0 Å². The van der Waals surface area contributed by atoms with Gasteiger partial charge >= 0.3 is 0 Å². The van der Waals surface area contributed by atoms with Crippen molar-refractivity contribution in [1.82, 2.24) is 9.78 Å². The topological polar surface area (TPSA) is 60.9 Å². The molecule has 0 aliphatic carbocycles. The first-order valence-electron chi connectivity index (χ1n) is 3.57. The predicted molar refractivity (Wildman–Crippen MR) is 41.1 cm³/mol. The first-order valence-corrected chi connectivity index (χ1v) is 3.57. The molecule has 0 fully saturated rings. The van der Waals surface area contributed by atoms with Crippen LogP contribution in [0.3, 0.4) is 0 Å². The highest BCUT2D eigenvalue weighted by Gasteiger charge is 2.01. The average molecular weight is 153 g/mol. The van der Waals surface area contributed by atoms with E-state index in [0.717, 1.165) is 6.42 Å². The Morgan fingerprint density at radius 2 is 2.45 bits per heavy atom. The molecule has 0 unspecified atom stereocenters. The summed E-state index contributed by atoms with van der Waals surface area (Å²) in [5.74, 6) is 0.000417. The summed E-state index contributed by atoms with van der Waals surface area (Å²) in [5, 5.41) is 3.80. The molecule has 0 atom stereocenters. The van der Waals surface area contributed by atoms with E-state index in [1.807, 2.05) is 0 Å². The molecule has 11 heavy (non-hydrogen) atoms. The van der Waals surface area contributed by atoms with Gasteiger partial charge in [-0.2, -0.15) is 5.10 Å². The Morgan fingerprint density at radius 1 is 1.64 bits per heavy atom. The maximum Gasteiger partial charge on any atom is 0.246 e. The van der Waals surface area contributed by atoms with E-state index in [1.165, 1.54) is 4.68 Å². The van der Waals surface area contributed by atoms with Crippen molar-refractivity contribution in [2.24, 2.45) is 5.73 Å². The molecule has 0 aromatic carbocycles. The highest BCUT2D eigenvalue weighted by atomic mass is 16.2. The third-order valence-electron chi connectivity index (χ3n) is 1.35. The van der Waals surface area contributed by atoms with Gasteiger partial charge in [0.05, 0.1) is 0 Å². The van der Waals surface area contributed by atoms with E-state index >= 15 is 0 Å². The molecule has 4 heteroatoms. The largest absolute Gasteiger partial charge is 0.330 e. The van der Waals surface area contributed by atoms with Crippen LogP contribution < -0.4 is 5.73 Å². The highest BCUT2D eigenvalue weighted by molar-refractivity contribution is 5.77. The van der Waals surface area contributed by atoms with E-state index in [2.05, 4.69) is 5.10 Å². The van der Waals surface area contributed by atoms with Gasteiger partial charge in [0.1, 0.15) is 0 Å². The molecule has 0 aliphatic heterocycles. The highest BCUT2D eigenvalue weighted by Crippen LogP contribution is 1.92. The molecule has 0 spiro atoms. The molecule has 0 saturated heterocycles. The van der Waals surface area contributed by atoms with Crippen LogP contribution >= 0.6 is 0 Å². The van der Waals surface area contributed by atoms with Crippen molar-refractivity contribution in [1.29, 1.82) is 0 Å². The molecular formula is C7H11N3O. The molecule has 0 saturated carbocycles. The van der Waals surface area contributed by atoms with E-state index in [-0.39, 0.29) is 5.91 Å². The molecule has 0 bridgehead atoms. The van der Waals surface area contributed by atoms with Crippen LogP contribution in [0.5, 0.6) is 0 Å². The number of rotatable bonds is 3. The maximum atomic E-state index is 11.1. The lowest BCUT2D eigenvalue weighted by molar-refractivity contribution is 0.0885. The second-order valence-electron chi connectivity index (χ2n) is 2.24. The van der Waals surface area contributed by atoms with E-state index in [0.29, 0.717) is 13.0 Å². The van der Waals surface area contributed by atoms with Crippen molar-refractivity contribution in [3.05, 3.63) is 18.5 Å². The van der Waals surface area contributed by atoms with Gasteiger partial charge in [-0.05, 0) is 19.0 Å². The number of carbonyl (C=O) groups is 1. The molecule has 0 aliphatic rings. The lowest BCUT2D eigenvalue weighted by atomic mass is 10.3. The summed E-state index contributed by atoms with van der Waals surface area (Å²) in [4.78, 5) is 11.1. The lowest BCUT2D eigenvalue weighted by Crippen LogP contribution is -2.12. The van der Waals surface area contributed by atoms with Crippen LogP contribution in [0.15, 0.2) is 18.5 Å². The molecule has 60 valence electrons. The maximum absolute atomic E-state index is 11.1. The number of hydrogen-bond donors (Lipinski definition) is 1. The van der Waals surface area contributed by atoms with Crippen LogP contribution in [-0.4, -0.2) is 22.2 Å². The van der Waals surface area contributed by atoms with Crippen LogP contribution in [0.1, 0.15) is 17.6 Å². The van der Waals surface area contributed by atoms with E-state index in [4.69, 9.17) is 5.73 Å². The van der Waals surface area contributed by atoms with E-state index in [9.17, 15) is 4.79 Å². The number of aromatic nitrogens is 2. The first kappa shape index (κ1) is 7.94. The molecule has 1 rings (SSSR count). The summed E-state index contributed by atoms with van der Waals surface area (Å²) >= 11 is 0. The van der Waals surface area contributed by atoms with Gasteiger partial charge in [-0.25, -0.2) is 4.68 Å². The van der Waals surface area contributed by atoms with Gasteiger partial charge in [-0.1, -0.05) is 0 Å². The Hall–Kier alpha value is -1.16. The van der Waals surface area contributed by atoms with Crippen LogP contribution in [0.4, 0.5) is 0 Å². The predicted octanol–water partition coefficient (Wildman–Crippen LogP) is 0.262. The Labute approximate surface area is 65.0 Å². The van der Waals surface area contributed by atoms with Gasteiger partial charge in [0.15, 0.2) is 0 Å². The average Bonchev–Trinajstić information content (AvgIpc) is 2.52. The van der Waals surface area contributed by atoms with Crippen LogP contribution in [0.25, 0.3) is 0 Å². The molecule has 0 amide bonds. The summed E-state index contributed by atoms with van der Waals surface area (Å²) in [5.41, 5.74) is 5.25. The van der Waals surface area contributed by atoms with Crippen molar-refractivity contribution >= 4 is 5.91 Å². The van der Waals surface area contributed by atoms with Gasteiger partial charge in [-0.3, -0.25) is 4.79 Å². The number of carbonyl (C=O) groups excluding carboxylic acids is 1. The van der Waals surface area contributed by atoms with Gasteiger partial charge in [0.2, 0.25) is 5.91 Å². The summed E-state index contributed by atoms with van der Waals surface area (Å²) in [7, 11) is 0. The summed E-state index contributed by atoms with van der Waals surface area (Å²) in [6.07, 6.45) is 4.41. The standard InChI is InChI=1S/C7H11N3O/c8-4-1-3-7(11)10-6-2-5-9-10/h2,5-6H,1,3-4,8H2. The monoisotopic (exact) mass is 153 g/mol. The molecule has 1 heterocycles. The minimum Gasteiger partial charge on any atom is -0.330 e. The SMILES string of the molecule is NCCCC(=O)n1cccn1. The Bertz CT molecular complexity index is 218. The van der Waals surface area contributed by atoms with Gasteiger partial charge < -0.3 is 5.73 Å². The van der Waals surface area contributed by atoms with Gasteiger partial charge in [0.25, 0.3) is 0 Å². The zero-order valence-electron chi connectivity index (χ0n) is 6.23. The Morgan fingerprint density at radius 3 is 3.00 bits per heavy atom. The van der Waals surface area contributed by atoms with Crippen LogP contribution in [-0.2, 0) is 0 Å². The van der Waals surface area contributed by atoms with Crippen molar-refractivity contribution < 1.29 is 4.79 Å². The Balaban J connectivity index is 2.43. The van der Waals surface area contributed by atoms with Crippen molar-refractivity contribution in [3.8, 4) is 0 Å². The van der Waals surface area contributed by atoms with Gasteiger partial charge in [-0.15, -0.1) is 0 Å². The molecule has 2 N–H and O–H groups in total. The number of nitrogens with zero attached hydrogens (tertiary/aromatic N) is 2. The number of hydrogen-bond acceptors (Lipinski definition) is 3. The lowest BCUT2D eigenvalue weighted by Gasteiger charge is -1.96. The third kappa shape index (κ3) is 2.16. The molecule has 4 nitrogen and oxygen atoms in total. The minimum atomic E-state index is 0.000417. The molecule has 1 aromatic rings. The van der Waals surface area contributed by atoms with Crippen LogP contribution in [0, 0.1) is 0 Å². The van der Waals surface area contributed by atoms with Crippen LogP contribution in [0.2, 0.25) is 0 Å². The fourth-order valence-electron chi connectivity index (χ4n) is 0.784.